The van der Waals surface area contributed by atoms with Gasteiger partial charge < -0.3 is 4.74 Å². The molecule has 1 amide bonds. The van der Waals surface area contributed by atoms with Crippen LogP contribution in [-0.2, 0) is 15.1 Å². The Hall–Kier alpha value is -3.61. The maximum atomic E-state index is 12.8. The first-order chi connectivity index (χ1) is 15.0. The fourth-order valence-corrected chi connectivity index (χ4v) is 4.54. The van der Waals surface area contributed by atoms with Gasteiger partial charge in [0.1, 0.15) is 5.60 Å². The number of rotatable bonds is 3. The molecule has 0 saturated heterocycles. The lowest BCUT2D eigenvalue weighted by molar-refractivity contribution is -0.122. The van der Waals surface area contributed by atoms with E-state index < -0.39 is 5.60 Å². The summed E-state index contributed by atoms with van der Waals surface area (Å²) in [5.74, 6) is -0.300. The van der Waals surface area contributed by atoms with Gasteiger partial charge in [-0.05, 0) is 44.2 Å². The summed E-state index contributed by atoms with van der Waals surface area (Å²) in [7, 11) is 0. The van der Waals surface area contributed by atoms with Gasteiger partial charge in [-0.1, -0.05) is 29.8 Å². The average Bonchev–Trinajstić information content (AvgIpc) is 3.06. The monoisotopic (exact) mass is 414 g/mol. The molecule has 1 aromatic carbocycles. The second kappa shape index (κ2) is 7.58. The normalized spacial score (nSPS) is 22.1. The molecule has 0 unspecified atom stereocenters. The number of nitrogens with one attached hydrogen (secondary N) is 1. The second-order valence-electron chi connectivity index (χ2n) is 8.23. The zero-order chi connectivity index (χ0) is 21.4. The number of hydrogen-bond donors (Lipinski definition) is 1. The lowest BCUT2D eigenvalue weighted by atomic mass is 9.75. The molecule has 2 aliphatic rings. The van der Waals surface area contributed by atoms with Gasteiger partial charge in [-0.2, -0.15) is 0 Å². The SMILES string of the molecule is Cc1cccc(-c2cnc(NC(=O)C3CCC4(CC3)OC(=O)c3cnccc34)nc2)c1. The van der Waals surface area contributed by atoms with E-state index in [1.807, 2.05) is 31.2 Å². The summed E-state index contributed by atoms with van der Waals surface area (Å²) < 4.78 is 5.73. The number of anilines is 1. The molecule has 0 bridgehead atoms. The van der Waals surface area contributed by atoms with E-state index in [4.69, 9.17) is 4.74 Å². The maximum Gasteiger partial charge on any atom is 0.341 e. The molecule has 1 spiro atoms. The van der Waals surface area contributed by atoms with Crippen LogP contribution in [0.15, 0.2) is 55.1 Å². The van der Waals surface area contributed by atoms with Crippen molar-refractivity contribution < 1.29 is 14.3 Å². The van der Waals surface area contributed by atoms with Gasteiger partial charge in [0.2, 0.25) is 11.9 Å². The lowest BCUT2D eigenvalue weighted by Gasteiger charge is -2.35. The van der Waals surface area contributed by atoms with E-state index in [2.05, 4.69) is 26.3 Å². The zero-order valence-corrected chi connectivity index (χ0v) is 17.2. The van der Waals surface area contributed by atoms with Crippen LogP contribution >= 0.6 is 0 Å². The summed E-state index contributed by atoms with van der Waals surface area (Å²) >= 11 is 0. The molecule has 3 aromatic rings. The summed E-state index contributed by atoms with van der Waals surface area (Å²) in [5, 5.41) is 2.83. The van der Waals surface area contributed by atoms with Crippen LogP contribution < -0.4 is 5.32 Å². The number of nitrogens with zero attached hydrogens (tertiary/aromatic N) is 3. The highest BCUT2D eigenvalue weighted by Crippen LogP contribution is 2.47. The van der Waals surface area contributed by atoms with E-state index in [0.29, 0.717) is 37.2 Å². The third-order valence-corrected chi connectivity index (χ3v) is 6.22. The quantitative estimate of drug-likeness (QED) is 0.650. The molecule has 31 heavy (non-hydrogen) atoms. The Kier molecular flexibility index (Phi) is 4.73. The largest absolute Gasteiger partial charge is 0.451 e. The molecule has 0 atom stereocenters. The average molecular weight is 414 g/mol. The van der Waals surface area contributed by atoms with Gasteiger partial charge in [0.05, 0.1) is 5.56 Å². The molecule has 0 radical (unpaired) electrons. The van der Waals surface area contributed by atoms with Crippen LogP contribution in [0.2, 0.25) is 0 Å². The van der Waals surface area contributed by atoms with E-state index in [1.54, 1.807) is 24.8 Å². The number of pyridine rings is 1. The maximum absolute atomic E-state index is 12.8. The van der Waals surface area contributed by atoms with E-state index in [1.165, 1.54) is 0 Å². The van der Waals surface area contributed by atoms with Gasteiger partial charge in [-0.3, -0.25) is 15.1 Å². The van der Waals surface area contributed by atoms with Crippen molar-refractivity contribution in [2.75, 3.05) is 5.32 Å². The van der Waals surface area contributed by atoms with Crippen LogP contribution in [0.25, 0.3) is 11.1 Å². The third kappa shape index (κ3) is 3.56. The van der Waals surface area contributed by atoms with E-state index in [-0.39, 0.29) is 17.8 Å². The van der Waals surface area contributed by atoms with Gasteiger partial charge in [-0.15, -0.1) is 0 Å². The number of carbonyl (C=O) groups excluding carboxylic acids is 2. The zero-order valence-electron chi connectivity index (χ0n) is 17.2. The molecule has 7 heteroatoms. The highest BCUT2D eigenvalue weighted by molar-refractivity contribution is 5.94. The Bertz CT molecular complexity index is 1150. The van der Waals surface area contributed by atoms with E-state index in [9.17, 15) is 9.59 Å². The predicted octanol–water partition coefficient (Wildman–Crippen LogP) is 4.04. The molecule has 1 aliphatic carbocycles. The Morgan fingerprint density at radius 2 is 1.87 bits per heavy atom. The molecule has 5 rings (SSSR count). The number of esters is 1. The molecule has 2 aromatic heterocycles. The third-order valence-electron chi connectivity index (χ3n) is 6.22. The van der Waals surface area contributed by atoms with Crippen molar-refractivity contribution in [3.05, 3.63) is 71.8 Å². The smallest absolute Gasteiger partial charge is 0.341 e. The molecule has 1 fully saturated rings. The highest BCUT2D eigenvalue weighted by Gasteiger charge is 2.48. The summed E-state index contributed by atoms with van der Waals surface area (Å²) in [6.07, 6.45) is 9.15. The van der Waals surface area contributed by atoms with E-state index >= 15 is 0 Å². The Morgan fingerprint density at radius 3 is 2.61 bits per heavy atom. The van der Waals surface area contributed by atoms with Crippen LogP contribution in [0.1, 0.15) is 47.2 Å². The summed E-state index contributed by atoms with van der Waals surface area (Å²) in [6, 6.07) is 9.96. The molecular formula is C24H22N4O3. The topological polar surface area (TPSA) is 94.1 Å². The van der Waals surface area contributed by atoms with Crippen LogP contribution in [0.3, 0.4) is 0 Å². The van der Waals surface area contributed by atoms with Crippen LogP contribution in [0.5, 0.6) is 0 Å². The molecule has 156 valence electrons. The lowest BCUT2D eigenvalue weighted by Crippen LogP contribution is -2.36. The van der Waals surface area contributed by atoms with Gasteiger partial charge >= 0.3 is 5.97 Å². The minimum atomic E-state index is -0.627. The molecule has 1 saturated carbocycles. The molecule has 1 N–H and O–H groups in total. The number of aromatic nitrogens is 3. The number of benzene rings is 1. The fraction of sp³-hybridized carbons (Fsp3) is 0.292. The van der Waals surface area contributed by atoms with Gasteiger partial charge in [0, 0.05) is 41.8 Å². The van der Waals surface area contributed by atoms with Crippen molar-refractivity contribution in [1.29, 1.82) is 0 Å². The number of carbonyl (C=O) groups is 2. The van der Waals surface area contributed by atoms with Crippen molar-refractivity contribution in [1.82, 2.24) is 15.0 Å². The number of ether oxygens (including phenoxy) is 1. The predicted molar refractivity (Wildman–Crippen MR) is 114 cm³/mol. The summed E-state index contributed by atoms with van der Waals surface area (Å²) in [4.78, 5) is 37.6. The number of amides is 1. The first-order valence-electron chi connectivity index (χ1n) is 10.4. The first kappa shape index (κ1) is 19.4. The minimum Gasteiger partial charge on any atom is -0.451 e. The van der Waals surface area contributed by atoms with Crippen molar-refractivity contribution >= 4 is 17.8 Å². The summed E-state index contributed by atoms with van der Waals surface area (Å²) in [5.41, 5.74) is 3.90. The Morgan fingerprint density at radius 1 is 1.10 bits per heavy atom. The Labute approximate surface area is 179 Å². The van der Waals surface area contributed by atoms with Crippen molar-refractivity contribution in [3.63, 3.8) is 0 Å². The fourth-order valence-electron chi connectivity index (χ4n) is 4.54. The number of fused-ring (bicyclic) bond motifs is 2. The first-order valence-corrected chi connectivity index (χ1v) is 10.4. The number of aryl methyl sites for hydroxylation is 1. The van der Waals surface area contributed by atoms with Crippen LogP contribution in [0.4, 0.5) is 5.95 Å². The van der Waals surface area contributed by atoms with E-state index in [0.717, 1.165) is 22.3 Å². The van der Waals surface area contributed by atoms with Crippen molar-refractivity contribution in [2.45, 2.75) is 38.2 Å². The standard InChI is InChI=1S/C24H22N4O3/c1-15-3-2-4-17(11-15)18-12-26-23(27-13-18)28-21(29)16-5-8-24(9-6-16)20-7-10-25-14-19(20)22(30)31-24/h2-4,7,10-14,16H,5-6,8-9H2,1H3,(H,26,27,28,29). The molecule has 3 heterocycles. The molecular weight excluding hydrogens is 392 g/mol. The summed E-state index contributed by atoms with van der Waals surface area (Å²) in [6.45, 7) is 2.04. The van der Waals surface area contributed by atoms with Gasteiger partial charge in [-0.25, -0.2) is 14.8 Å². The van der Waals surface area contributed by atoms with Gasteiger partial charge in [0.25, 0.3) is 0 Å². The van der Waals surface area contributed by atoms with Crippen molar-refractivity contribution in [3.8, 4) is 11.1 Å². The van der Waals surface area contributed by atoms with Crippen LogP contribution in [0, 0.1) is 12.8 Å². The Balaban J connectivity index is 1.23. The highest BCUT2D eigenvalue weighted by atomic mass is 16.6. The number of hydrogen-bond acceptors (Lipinski definition) is 6. The second-order valence-corrected chi connectivity index (χ2v) is 8.23. The van der Waals surface area contributed by atoms with Crippen LogP contribution in [-0.4, -0.2) is 26.8 Å². The molecule has 7 nitrogen and oxygen atoms in total. The van der Waals surface area contributed by atoms with Crippen molar-refractivity contribution in [2.24, 2.45) is 5.92 Å². The van der Waals surface area contributed by atoms with Gasteiger partial charge in [0.15, 0.2) is 0 Å². The molecule has 1 aliphatic heterocycles. The minimum absolute atomic E-state index is 0.0996.